The van der Waals surface area contributed by atoms with Crippen LogP contribution in [0.1, 0.15) is 39.1 Å². The molecule has 1 amide bonds. The molecular formula is C25H29N3O9S2. The molecule has 1 heterocycles. The van der Waals surface area contributed by atoms with Gasteiger partial charge in [0.2, 0.25) is 10.0 Å². The molecule has 0 radical (unpaired) electrons. The molecule has 3 aromatic rings. The van der Waals surface area contributed by atoms with Crippen molar-refractivity contribution in [2.45, 2.75) is 25.0 Å². The van der Waals surface area contributed by atoms with Gasteiger partial charge in [-0.3, -0.25) is 0 Å². The van der Waals surface area contributed by atoms with Crippen LogP contribution in [0.15, 0.2) is 60.0 Å². The maximum absolute atomic E-state index is 13.2. The first-order chi connectivity index (χ1) is 18.6. The third-order valence-electron chi connectivity index (χ3n) is 5.55. The molecule has 0 fully saturated rings. The van der Waals surface area contributed by atoms with Crippen molar-refractivity contribution >= 4 is 33.4 Å². The highest BCUT2D eigenvalue weighted by molar-refractivity contribution is 7.89. The van der Waals surface area contributed by atoms with E-state index >= 15 is 0 Å². The fourth-order valence-electron chi connectivity index (χ4n) is 3.60. The van der Waals surface area contributed by atoms with E-state index in [0.29, 0.717) is 5.75 Å². The molecule has 1 aromatic heterocycles. The van der Waals surface area contributed by atoms with Crippen molar-refractivity contribution in [2.75, 3.05) is 27.1 Å². The number of rotatable bonds is 14. The molecule has 2 aromatic carbocycles. The van der Waals surface area contributed by atoms with Gasteiger partial charge in [-0.15, -0.1) is 11.3 Å². The second-order valence-electron chi connectivity index (χ2n) is 8.07. The monoisotopic (exact) mass is 579 g/mol. The number of sulfonamides is 1. The largest absolute Gasteiger partial charge is 0.496 e. The quantitative estimate of drug-likeness (QED) is 0.242. The van der Waals surface area contributed by atoms with Crippen LogP contribution >= 0.6 is 11.3 Å². The Morgan fingerprint density at radius 3 is 2.33 bits per heavy atom. The lowest BCUT2D eigenvalue weighted by molar-refractivity contribution is -0.224. The van der Waals surface area contributed by atoms with E-state index < -0.39 is 39.8 Å². The number of nitrogens with one attached hydrogen (secondary N) is 2. The third kappa shape index (κ3) is 7.97. The van der Waals surface area contributed by atoms with E-state index in [-0.39, 0.29) is 29.3 Å². The highest BCUT2D eigenvalue weighted by atomic mass is 32.2. The van der Waals surface area contributed by atoms with Crippen molar-refractivity contribution in [2.24, 2.45) is 0 Å². The van der Waals surface area contributed by atoms with Gasteiger partial charge in [-0.05, 0) is 24.1 Å². The SMILES string of the molecule is COc1ccccc1C(NS(=O)(=O)CC[C@H](NC(=O)OCc1ccccc1)c1nc(C(=O)O)cs1)(OC)OC. The lowest BCUT2D eigenvalue weighted by atomic mass is 10.1. The zero-order chi connectivity index (χ0) is 28.5. The predicted octanol–water partition coefficient (Wildman–Crippen LogP) is 3.23. The molecule has 0 bridgehead atoms. The van der Waals surface area contributed by atoms with Crippen LogP contribution in [0.5, 0.6) is 5.75 Å². The molecule has 39 heavy (non-hydrogen) atoms. The van der Waals surface area contributed by atoms with Gasteiger partial charge in [0.15, 0.2) is 5.69 Å². The van der Waals surface area contributed by atoms with E-state index in [1.807, 2.05) is 6.07 Å². The smallest absolute Gasteiger partial charge is 0.408 e. The Bertz CT molecular complexity index is 1360. The van der Waals surface area contributed by atoms with Crippen molar-refractivity contribution in [1.29, 1.82) is 0 Å². The van der Waals surface area contributed by atoms with Crippen LogP contribution in [0.25, 0.3) is 0 Å². The summed E-state index contributed by atoms with van der Waals surface area (Å²) in [4.78, 5) is 27.9. The summed E-state index contributed by atoms with van der Waals surface area (Å²) in [5.41, 5.74) is 0.811. The van der Waals surface area contributed by atoms with Gasteiger partial charge in [0.1, 0.15) is 17.4 Å². The Morgan fingerprint density at radius 2 is 1.72 bits per heavy atom. The number of carboxylic acids is 1. The lowest BCUT2D eigenvalue weighted by Gasteiger charge is -2.32. The van der Waals surface area contributed by atoms with Crippen molar-refractivity contribution in [3.05, 3.63) is 81.8 Å². The molecule has 0 aliphatic rings. The topological polar surface area (TPSA) is 162 Å². The van der Waals surface area contributed by atoms with Crippen molar-refractivity contribution in [3.8, 4) is 5.75 Å². The minimum absolute atomic E-state index is 0.0133. The number of carbonyl (C=O) groups excluding carboxylic acids is 1. The van der Waals surface area contributed by atoms with Gasteiger partial charge in [0.05, 0.1) is 24.5 Å². The number of ether oxygens (including phenoxy) is 4. The van der Waals surface area contributed by atoms with Crippen molar-refractivity contribution < 1.29 is 42.1 Å². The first kappa shape index (κ1) is 30.0. The first-order valence-corrected chi connectivity index (χ1v) is 14.1. The molecular weight excluding hydrogens is 550 g/mol. The number of nitrogens with zero attached hydrogens (tertiary/aromatic N) is 1. The molecule has 14 heteroatoms. The van der Waals surface area contributed by atoms with Gasteiger partial charge in [-0.2, -0.15) is 4.72 Å². The van der Waals surface area contributed by atoms with Gasteiger partial charge < -0.3 is 29.4 Å². The van der Waals surface area contributed by atoms with Crippen LogP contribution in [0.3, 0.4) is 0 Å². The normalized spacial score (nSPS) is 12.5. The molecule has 3 N–H and O–H groups in total. The number of carboxylic acid groups (broad SMARTS) is 1. The molecule has 12 nitrogen and oxygen atoms in total. The van der Waals surface area contributed by atoms with Crippen molar-refractivity contribution in [3.63, 3.8) is 0 Å². The molecule has 0 spiro atoms. The minimum Gasteiger partial charge on any atom is -0.496 e. The summed E-state index contributed by atoms with van der Waals surface area (Å²) in [7, 11) is -0.156. The number of carbonyl (C=O) groups is 2. The highest BCUT2D eigenvalue weighted by Crippen LogP contribution is 2.32. The number of hydrogen-bond donors (Lipinski definition) is 3. The average molecular weight is 580 g/mol. The lowest BCUT2D eigenvalue weighted by Crippen LogP contribution is -2.50. The molecule has 0 aliphatic heterocycles. The number of thiazole rings is 1. The van der Waals surface area contributed by atoms with E-state index in [1.54, 1.807) is 48.5 Å². The summed E-state index contributed by atoms with van der Waals surface area (Å²) in [5.74, 6) is -3.34. The number of aromatic nitrogens is 1. The molecule has 0 aliphatic carbocycles. The summed E-state index contributed by atoms with van der Waals surface area (Å²) >= 11 is 0.974. The van der Waals surface area contributed by atoms with E-state index in [1.165, 1.54) is 26.7 Å². The number of aromatic carboxylic acids is 1. The summed E-state index contributed by atoms with van der Waals surface area (Å²) in [6.45, 7) is -0.0133. The summed E-state index contributed by atoms with van der Waals surface area (Å²) in [6, 6.07) is 14.6. The van der Waals surface area contributed by atoms with Gasteiger partial charge in [-0.1, -0.05) is 42.5 Å². The molecule has 3 rings (SSSR count). The highest BCUT2D eigenvalue weighted by Gasteiger charge is 2.40. The Labute approximate surface area is 229 Å². The van der Waals surface area contributed by atoms with Gasteiger partial charge >= 0.3 is 12.1 Å². The molecule has 0 unspecified atom stereocenters. The summed E-state index contributed by atoms with van der Waals surface area (Å²) in [6.07, 6.45) is -0.990. The fraction of sp³-hybridized carbons (Fsp3) is 0.320. The van der Waals surface area contributed by atoms with Gasteiger partial charge in [0, 0.05) is 19.6 Å². The third-order valence-corrected chi connectivity index (χ3v) is 7.86. The molecule has 0 saturated heterocycles. The van der Waals surface area contributed by atoms with E-state index in [9.17, 15) is 23.1 Å². The van der Waals surface area contributed by atoms with E-state index in [4.69, 9.17) is 18.9 Å². The molecule has 210 valence electrons. The van der Waals surface area contributed by atoms with Crippen LogP contribution in [-0.4, -0.2) is 57.7 Å². The predicted molar refractivity (Wildman–Crippen MR) is 142 cm³/mol. The average Bonchev–Trinajstić information content (AvgIpc) is 3.44. The second kappa shape index (κ2) is 13.5. The Hall–Kier alpha value is -3.56. The van der Waals surface area contributed by atoms with Crippen LogP contribution in [0, 0.1) is 0 Å². The maximum Gasteiger partial charge on any atom is 0.408 e. The van der Waals surface area contributed by atoms with E-state index in [2.05, 4.69) is 15.0 Å². The van der Waals surface area contributed by atoms with Crippen LogP contribution in [-0.2, 0) is 36.8 Å². The first-order valence-electron chi connectivity index (χ1n) is 11.5. The van der Waals surface area contributed by atoms with Crippen molar-refractivity contribution in [1.82, 2.24) is 15.0 Å². The second-order valence-corrected chi connectivity index (χ2v) is 10.8. The fourth-order valence-corrected chi connectivity index (χ4v) is 5.81. The number of methoxy groups -OCH3 is 3. The number of para-hydroxylation sites is 1. The number of alkyl carbamates (subject to hydrolysis) is 1. The Kier molecular flexibility index (Phi) is 10.4. The van der Waals surface area contributed by atoms with Crippen LogP contribution in [0.2, 0.25) is 0 Å². The molecule has 1 atom stereocenters. The minimum atomic E-state index is -4.13. The summed E-state index contributed by atoms with van der Waals surface area (Å²) in [5, 5.41) is 13.3. The summed E-state index contributed by atoms with van der Waals surface area (Å²) < 4.78 is 50.3. The Morgan fingerprint density at radius 1 is 1.05 bits per heavy atom. The Balaban J connectivity index is 1.78. The zero-order valence-electron chi connectivity index (χ0n) is 21.4. The van der Waals surface area contributed by atoms with Crippen LogP contribution in [0.4, 0.5) is 4.79 Å². The van der Waals surface area contributed by atoms with Crippen LogP contribution < -0.4 is 14.8 Å². The van der Waals surface area contributed by atoms with E-state index in [0.717, 1.165) is 16.9 Å². The molecule has 0 saturated carbocycles. The number of amides is 1. The maximum atomic E-state index is 13.2. The number of benzene rings is 2. The standard InChI is InChI=1S/C25H29N3O9S2/c1-34-21-12-8-7-11-18(21)25(35-2,36-3)28-39(32,33)14-13-19(22-26-20(16-38-22)23(29)30)27-24(31)37-15-17-9-5-4-6-10-17/h4-12,16,19,28H,13-15H2,1-3H3,(H,27,31)(H,29,30)/t19-/m0/s1. The van der Waals surface area contributed by atoms with Gasteiger partial charge in [0.25, 0.3) is 5.91 Å². The number of hydrogen-bond acceptors (Lipinski definition) is 10. The zero-order valence-corrected chi connectivity index (χ0v) is 23.1. The van der Waals surface area contributed by atoms with Gasteiger partial charge in [-0.25, -0.2) is 23.0 Å².